The summed E-state index contributed by atoms with van der Waals surface area (Å²) >= 11 is 0. The molecular formula is C21H35N3O. The standard InChI is InChI=1S/C21H35N3O/c1-16(2)20(22)21(25)23-12-10-19(11-13-23)15-24(17(3)4)14-18-8-6-5-7-9-18/h5-9,16-17,19-20H,10-15,22H2,1-4H3. The zero-order valence-electron chi connectivity index (χ0n) is 16.3. The van der Waals surface area contributed by atoms with Crippen LogP contribution in [0.25, 0.3) is 0 Å². The van der Waals surface area contributed by atoms with E-state index in [-0.39, 0.29) is 17.9 Å². The molecule has 4 heteroatoms. The van der Waals surface area contributed by atoms with Crippen LogP contribution in [0.1, 0.15) is 46.1 Å². The molecule has 1 atom stereocenters. The van der Waals surface area contributed by atoms with Crippen molar-refractivity contribution in [3.8, 4) is 0 Å². The molecule has 1 fully saturated rings. The van der Waals surface area contributed by atoms with Crippen molar-refractivity contribution >= 4 is 5.91 Å². The fourth-order valence-electron chi connectivity index (χ4n) is 3.44. The van der Waals surface area contributed by atoms with Gasteiger partial charge in [-0.2, -0.15) is 0 Å². The van der Waals surface area contributed by atoms with Crippen molar-refractivity contribution in [2.24, 2.45) is 17.6 Å². The molecule has 1 amide bonds. The molecule has 0 bridgehead atoms. The predicted molar refractivity (Wildman–Crippen MR) is 104 cm³/mol. The number of nitrogens with two attached hydrogens (primary N) is 1. The molecule has 0 saturated carbocycles. The summed E-state index contributed by atoms with van der Waals surface area (Å²) in [6.45, 7) is 12.4. The van der Waals surface area contributed by atoms with Gasteiger partial charge in [-0.05, 0) is 44.1 Å². The summed E-state index contributed by atoms with van der Waals surface area (Å²) in [5.41, 5.74) is 7.40. The summed E-state index contributed by atoms with van der Waals surface area (Å²) in [5.74, 6) is 0.983. The van der Waals surface area contributed by atoms with Crippen LogP contribution in [0.15, 0.2) is 30.3 Å². The van der Waals surface area contributed by atoms with E-state index in [0.29, 0.717) is 12.0 Å². The van der Waals surface area contributed by atoms with Crippen molar-refractivity contribution in [1.82, 2.24) is 9.80 Å². The highest BCUT2D eigenvalue weighted by Crippen LogP contribution is 2.21. The first kappa shape index (κ1) is 19.9. The summed E-state index contributed by atoms with van der Waals surface area (Å²) in [4.78, 5) is 16.9. The number of carbonyl (C=O) groups excluding carboxylic acids is 1. The smallest absolute Gasteiger partial charge is 0.239 e. The Kier molecular flexibility index (Phi) is 7.45. The SMILES string of the molecule is CC(C)C(N)C(=O)N1CCC(CN(Cc2ccccc2)C(C)C)CC1. The number of carbonyl (C=O) groups is 1. The van der Waals surface area contributed by atoms with E-state index in [0.717, 1.165) is 39.0 Å². The summed E-state index contributed by atoms with van der Waals surface area (Å²) in [6, 6.07) is 10.8. The Labute approximate surface area is 153 Å². The topological polar surface area (TPSA) is 49.6 Å². The molecule has 0 spiro atoms. The Morgan fingerprint density at radius 1 is 1.16 bits per heavy atom. The average Bonchev–Trinajstić information content (AvgIpc) is 2.61. The quantitative estimate of drug-likeness (QED) is 0.826. The largest absolute Gasteiger partial charge is 0.341 e. The summed E-state index contributed by atoms with van der Waals surface area (Å²) in [7, 11) is 0. The van der Waals surface area contributed by atoms with Gasteiger partial charge in [0.15, 0.2) is 0 Å². The van der Waals surface area contributed by atoms with Gasteiger partial charge >= 0.3 is 0 Å². The van der Waals surface area contributed by atoms with E-state index in [2.05, 4.69) is 49.1 Å². The van der Waals surface area contributed by atoms with E-state index in [9.17, 15) is 4.79 Å². The van der Waals surface area contributed by atoms with Crippen LogP contribution in [-0.4, -0.2) is 47.4 Å². The molecule has 2 rings (SSSR count). The summed E-state index contributed by atoms with van der Waals surface area (Å²) < 4.78 is 0. The number of piperidine rings is 1. The van der Waals surface area contributed by atoms with Crippen LogP contribution in [0, 0.1) is 11.8 Å². The molecule has 140 valence electrons. The third-order valence-corrected chi connectivity index (χ3v) is 5.38. The molecule has 1 aromatic rings. The number of amides is 1. The molecule has 1 unspecified atom stereocenters. The highest BCUT2D eigenvalue weighted by atomic mass is 16.2. The Hall–Kier alpha value is -1.39. The van der Waals surface area contributed by atoms with Gasteiger partial charge in [-0.3, -0.25) is 9.69 Å². The van der Waals surface area contributed by atoms with E-state index in [1.54, 1.807) is 0 Å². The van der Waals surface area contributed by atoms with Gasteiger partial charge in [0, 0.05) is 32.2 Å². The zero-order chi connectivity index (χ0) is 18.4. The maximum atomic E-state index is 12.4. The maximum Gasteiger partial charge on any atom is 0.239 e. The second kappa shape index (κ2) is 9.35. The second-order valence-electron chi connectivity index (χ2n) is 8.05. The maximum absolute atomic E-state index is 12.4. The molecule has 0 aromatic heterocycles. The first-order valence-corrected chi connectivity index (χ1v) is 9.70. The van der Waals surface area contributed by atoms with E-state index >= 15 is 0 Å². The number of hydrogen-bond donors (Lipinski definition) is 1. The molecule has 2 N–H and O–H groups in total. The van der Waals surface area contributed by atoms with Gasteiger partial charge in [-0.1, -0.05) is 44.2 Å². The molecule has 0 aliphatic carbocycles. The van der Waals surface area contributed by atoms with Crippen LogP contribution in [0.2, 0.25) is 0 Å². The molecule has 1 aromatic carbocycles. The van der Waals surface area contributed by atoms with Crippen LogP contribution in [0.4, 0.5) is 0 Å². The summed E-state index contributed by atoms with van der Waals surface area (Å²) in [5, 5.41) is 0. The van der Waals surface area contributed by atoms with E-state index in [1.165, 1.54) is 5.56 Å². The number of hydrogen-bond acceptors (Lipinski definition) is 3. The van der Waals surface area contributed by atoms with Crippen molar-refractivity contribution in [2.45, 2.75) is 59.2 Å². The van der Waals surface area contributed by atoms with Crippen LogP contribution in [-0.2, 0) is 11.3 Å². The van der Waals surface area contributed by atoms with Crippen LogP contribution in [0.3, 0.4) is 0 Å². The van der Waals surface area contributed by atoms with Gasteiger partial charge in [-0.15, -0.1) is 0 Å². The van der Waals surface area contributed by atoms with Gasteiger partial charge in [0.05, 0.1) is 6.04 Å². The minimum absolute atomic E-state index is 0.124. The highest BCUT2D eigenvalue weighted by Gasteiger charge is 2.28. The molecule has 25 heavy (non-hydrogen) atoms. The van der Waals surface area contributed by atoms with Gasteiger partial charge in [0.1, 0.15) is 0 Å². The van der Waals surface area contributed by atoms with Crippen LogP contribution >= 0.6 is 0 Å². The molecule has 1 heterocycles. The lowest BCUT2D eigenvalue weighted by atomic mass is 9.94. The average molecular weight is 346 g/mol. The Balaban J connectivity index is 1.85. The number of likely N-dealkylation sites (tertiary alicyclic amines) is 1. The minimum Gasteiger partial charge on any atom is -0.341 e. The van der Waals surface area contributed by atoms with Crippen molar-refractivity contribution in [2.75, 3.05) is 19.6 Å². The lowest BCUT2D eigenvalue weighted by Crippen LogP contribution is -2.50. The van der Waals surface area contributed by atoms with Gasteiger partial charge in [0.25, 0.3) is 0 Å². The van der Waals surface area contributed by atoms with Crippen molar-refractivity contribution in [3.63, 3.8) is 0 Å². The monoisotopic (exact) mass is 345 g/mol. The first-order chi connectivity index (χ1) is 11.9. The lowest BCUT2D eigenvalue weighted by Gasteiger charge is -2.37. The predicted octanol–water partition coefficient (Wildman–Crippen LogP) is 3.12. The fourth-order valence-corrected chi connectivity index (χ4v) is 3.44. The highest BCUT2D eigenvalue weighted by molar-refractivity contribution is 5.82. The molecule has 1 saturated heterocycles. The van der Waals surface area contributed by atoms with Crippen molar-refractivity contribution < 1.29 is 4.79 Å². The van der Waals surface area contributed by atoms with Gasteiger partial charge < -0.3 is 10.6 Å². The van der Waals surface area contributed by atoms with Crippen LogP contribution < -0.4 is 5.73 Å². The summed E-state index contributed by atoms with van der Waals surface area (Å²) in [6.07, 6.45) is 2.16. The lowest BCUT2D eigenvalue weighted by molar-refractivity contribution is -0.135. The van der Waals surface area contributed by atoms with E-state index < -0.39 is 0 Å². The third kappa shape index (κ3) is 5.82. The van der Waals surface area contributed by atoms with E-state index in [4.69, 9.17) is 5.73 Å². The van der Waals surface area contributed by atoms with Gasteiger partial charge in [-0.25, -0.2) is 0 Å². The van der Waals surface area contributed by atoms with Crippen molar-refractivity contribution in [1.29, 1.82) is 0 Å². The number of nitrogens with zero attached hydrogens (tertiary/aromatic N) is 2. The minimum atomic E-state index is -0.359. The second-order valence-corrected chi connectivity index (χ2v) is 8.05. The normalized spacial score (nSPS) is 17.5. The molecule has 0 radical (unpaired) electrons. The number of rotatable bonds is 7. The Morgan fingerprint density at radius 2 is 1.76 bits per heavy atom. The Morgan fingerprint density at radius 3 is 2.28 bits per heavy atom. The van der Waals surface area contributed by atoms with Crippen molar-refractivity contribution in [3.05, 3.63) is 35.9 Å². The van der Waals surface area contributed by atoms with E-state index in [1.807, 2.05) is 18.7 Å². The third-order valence-electron chi connectivity index (χ3n) is 5.38. The van der Waals surface area contributed by atoms with Crippen LogP contribution in [0.5, 0.6) is 0 Å². The molecule has 4 nitrogen and oxygen atoms in total. The zero-order valence-corrected chi connectivity index (χ0v) is 16.3. The fraction of sp³-hybridized carbons (Fsp3) is 0.667. The first-order valence-electron chi connectivity index (χ1n) is 9.70. The molecule has 1 aliphatic heterocycles. The number of benzene rings is 1. The molecular weight excluding hydrogens is 310 g/mol. The molecule has 1 aliphatic rings. The Bertz CT molecular complexity index is 521. The van der Waals surface area contributed by atoms with Gasteiger partial charge in [0.2, 0.25) is 5.91 Å².